The third kappa shape index (κ3) is 10.9. The molecule has 77 heavy (non-hydrogen) atoms. The number of rotatable bonds is 12. The number of alkyl halides is 13. The van der Waals surface area contributed by atoms with E-state index < -0.39 is 62.2 Å². The molecule has 1 saturated heterocycles. The zero-order chi connectivity index (χ0) is 57.7. The van der Waals surface area contributed by atoms with Gasteiger partial charge in [0.25, 0.3) is 0 Å². The van der Waals surface area contributed by atoms with Crippen molar-refractivity contribution in [2.24, 2.45) is 4.99 Å². The van der Waals surface area contributed by atoms with Crippen LogP contribution < -0.4 is 0 Å². The Hall–Kier alpha value is -5.62. The van der Waals surface area contributed by atoms with Crippen molar-refractivity contribution in [3.8, 4) is 22.4 Å². The first-order valence-corrected chi connectivity index (χ1v) is 25.0. The number of allylic oxidation sites excluding steroid dienone is 3. The Kier molecular flexibility index (Phi) is 15.1. The second-order valence-electron chi connectivity index (χ2n) is 24.1. The molecule has 0 spiro atoms. The topological polar surface area (TPSA) is 35.8 Å². The lowest BCUT2D eigenvalue weighted by Crippen LogP contribution is -2.70. The van der Waals surface area contributed by atoms with Crippen molar-refractivity contribution < 1.29 is 66.4 Å². The summed E-state index contributed by atoms with van der Waals surface area (Å²) in [5.74, 6) is -37.7. The predicted octanol–water partition coefficient (Wildman–Crippen LogP) is 17.7. The van der Waals surface area contributed by atoms with Gasteiger partial charge in [-0.15, -0.1) is 0 Å². The van der Waals surface area contributed by atoms with Crippen LogP contribution in [0, 0.1) is 0 Å². The van der Waals surface area contributed by atoms with E-state index in [-0.39, 0.29) is 21.7 Å². The van der Waals surface area contributed by atoms with Gasteiger partial charge in [-0.05, 0) is 85.2 Å². The van der Waals surface area contributed by atoms with Crippen molar-refractivity contribution in [2.75, 3.05) is 6.61 Å². The van der Waals surface area contributed by atoms with Crippen LogP contribution in [0.1, 0.15) is 136 Å². The molecular formula is C59H62BF13N2O2. The lowest BCUT2D eigenvalue weighted by atomic mass is 9.85. The molecule has 1 fully saturated rings. The molecule has 2 aliphatic rings. The van der Waals surface area contributed by atoms with Crippen LogP contribution in [0.3, 0.4) is 0 Å². The molecule has 1 aromatic heterocycles. The second-order valence-corrected chi connectivity index (χ2v) is 24.1. The summed E-state index contributed by atoms with van der Waals surface area (Å²) in [6.07, 6.45) is -10.5. The second kappa shape index (κ2) is 19.6. The molecule has 1 unspecified atom stereocenters. The van der Waals surface area contributed by atoms with Gasteiger partial charge in [0.15, 0.2) is 0 Å². The summed E-state index contributed by atoms with van der Waals surface area (Å²) in [7, 11) is -1.88. The first-order valence-electron chi connectivity index (χ1n) is 25.0. The molecule has 0 amide bonds. The molecule has 1 atom stereocenters. The Morgan fingerprint density at radius 2 is 0.909 bits per heavy atom. The summed E-state index contributed by atoms with van der Waals surface area (Å²) in [6, 6.07) is 32.5. The Morgan fingerprint density at radius 3 is 1.32 bits per heavy atom. The van der Waals surface area contributed by atoms with Crippen LogP contribution in [0.25, 0.3) is 33.5 Å². The summed E-state index contributed by atoms with van der Waals surface area (Å²) in [4.78, 5) is 5.26. The zero-order valence-electron chi connectivity index (χ0n) is 45.1. The van der Waals surface area contributed by atoms with Gasteiger partial charge in [0.1, 0.15) is 0 Å². The van der Waals surface area contributed by atoms with E-state index in [4.69, 9.17) is 14.3 Å². The fraction of sp³-hybridized carbons (Fsp3) is 0.441. The van der Waals surface area contributed by atoms with Gasteiger partial charge in [0.05, 0.1) is 24.1 Å². The van der Waals surface area contributed by atoms with E-state index in [1.165, 1.54) is 4.48 Å². The van der Waals surface area contributed by atoms with Gasteiger partial charge in [-0.3, -0.25) is 0 Å². The first kappa shape index (κ1) is 59.1. The Balaban J connectivity index is 1.46. The van der Waals surface area contributed by atoms with Crippen LogP contribution in [-0.2, 0) is 31.0 Å². The monoisotopic (exact) mass is 1090 g/mol. The van der Waals surface area contributed by atoms with Gasteiger partial charge in [-0.2, -0.15) is 57.1 Å². The zero-order valence-corrected chi connectivity index (χ0v) is 45.1. The maximum Gasteiger partial charge on any atom is 0.598 e. The van der Waals surface area contributed by atoms with Crippen molar-refractivity contribution >= 4 is 24.1 Å². The molecule has 0 radical (unpaired) electrons. The van der Waals surface area contributed by atoms with Gasteiger partial charge in [0, 0.05) is 34.5 Å². The third-order valence-electron chi connectivity index (χ3n) is 14.2. The molecular weight excluding hydrogens is 1030 g/mol. The number of hydrogen-bond donors (Lipinski definition) is 0. The lowest BCUT2D eigenvalue weighted by molar-refractivity contribution is -0.440. The van der Waals surface area contributed by atoms with E-state index in [9.17, 15) is 39.5 Å². The largest absolute Gasteiger partial charge is 0.598 e. The van der Waals surface area contributed by atoms with Crippen LogP contribution >= 0.6 is 0 Å². The minimum Gasteiger partial charge on any atom is -0.389 e. The summed E-state index contributed by atoms with van der Waals surface area (Å²) in [5, 5.41) is 0. The van der Waals surface area contributed by atoms with Crippen molar-refractivity contribution in [2.45, 2.75) is 160 Å². The Morgan fingerprint density at radius 1 is 0.519 bits per heavy atom. The molecule has 0 bridgehead atoms. The quantitative estimate of drug-likeness (QED) is 0.0922. The van der Waals surface area contributed by atoms with E-state index >= 15 is 17.6 Å². The Labute approximate surface area is 441 Å². The predicted molar refractivity (Wildman–Crippen MR) is 277 cm³/mol. The molecule has 7 rings (SSSR count). The number of benzene rings is 4. The normalized spacial score (nSPS) is 17.5. The summed E-state index contributed by atoms with van der Waals surface area (Å²) < 4.78 is 199. The molecule has 5 aromatic rings. The van der Waals surface area contributed by atoms with Crippen molar-refractivity contribution in [3.05, 3.63) is 154 Å². The smallest absolute Gasteiger partial charge is 0.389 e. The number of halogens is 13. The van der Waals surface area contributed by atoms with Gasteiger partial charge < -0.3 is 13.8 Å². The highest BCUT2D eigenvalue weighted by molar-refractivity contribution is 6.45. The summed E-state index contributed by atoms with van der Waals surface area (Å²) in [6.45, 7) is 25.2. The molecule has 0 N–H and O–H groups in total. The lowest BCUT2D eigenvalue weighted by Gasteiger charge is -2.40. The highest BCUT2D eigenvalue weighted by Crippen LogP contribution is 2.61. The molecule has 18 heteroatoms. The molecule has 4 aromatic carbocycles. The number of aromatic nitrogens is 1. The maximum absolute atomic E-state index is 15.6. The number of aliphatic imine (C=N–C) groups is 1. The van der Waals surface area contributed by atoms with E-state index in [1.54, 1.807) is 25.1 Å². The van der Waals surface area contributed by atoms with E-state index in [1.807, 2.05) is 133 Å². The highest BCUT2D eigenvalue weighted by Gasteiger charge is 2.90. The van der Waals surface area contributed by atoms with Crippen LogP contribution in [0.5, 0.6) is 0 Å². The minimum atomic E-state index is -8.04. The molecule has 0 aliphatic carbocycles. The molecule has 0 saturated carbocycles. The van der Waals surface area contributed by atoms with Gasteiger partial charge in [-0.25, -0.2) is 4.99 Å². The van der Waals surface area contributed by atoms with Crippen molar-refractivity contribution in [3.63, 3.8) is 0 Å². The van der Waals surface area contributed by atoms with Gasteiger partial charge in [0.2, 0.25) is 0 Å². The van der Waals surface area contributed by atoms with Gasteiger partial charge in [-0.1, -0.05) is 180 Å². The van der Waals surface area contributed by atoms with Gasteiger partial charge >= 0.3 is 43.0 Å². The summed E-state index contributed by atoms with van der Waals surface area (Å²) >= 11 is 0. The first-order chi connectivity index (χ1) is 35.0. The number of hydrogen-bond acceptors (Lipinski definition) is 3. The maximum atomic E-state index is 15.6. The van der Waals surface area contributed by atoms with E-state index in [0.717, 1.165) is 33.4 Å². The number of nitrogens with zero attached hydrogens (tertiary/aromatic N) is 2. The van der Waals surface area contributed by atoms with Crippen molar-refractivity contribution in [1.82, 2.24) is 4.48 Å². The average molecular weight is 1090 g/mol. The van der Waals surface area contributed by atoms with Crippen LogP contribution in [-0.4, -0.2) is 65.9 Å². The fourth-order valence-electron chi connectivity index (χ4n) is 9.23. The van der Waals surface area contributed by atoms with Crippen LogP contribution in [0.15, 0.2) is 120 Å². The minimum absolute atomic E-state index is 0.167. The Bertz CT molecular complexity index is 3070. The third-order valence-corrected chi connectivity index (χ3v) is 14.2. The summed E-state index contributed by atoms with van der Waals surface area (Å²) in [5.41, 5.74) is 8.90. The SMILES string of the molecule is C/C(=C1/N=C(c2ccc(C(C)(C)C)cc2)C=C1c1ccc(C(C)(C)C)cc1)c1c(-c2ccc(C(C)(C)C)cc2)cc(-c2ccc(C(C)(C)C)cc2)n1B1OCC(CC(F)(F)C(F)(F)C(F)(F)C(F)(F)C(F)(F)C(F)(F)F)O1. The van der Waals surface area contributed by atoms with E-state index in [0.29, 0.717) is 50.6 Å². The van der Waals surface area contributed by atoms with E-state index in [2.05, 4.69) is 41.5 Å². The van der Waals surface area contributed by atoms with Crippen LogP contribution in [0.4, 0.5) is 57.1 Å². The van der Waals surface area contributed by atoms with Crippen LogP contribution in [0.2, 0.25) is 0 Å². The molecule has 3 heterocycles. The average Bonchev–Trinajstić information content (AvgIpc) is 4.08. The fourth-order valence-corrected chi connectivity index (χ4v) is 9.23. The molecule has 4 nitrogen and oxygen atoms in total. The molecule has 2 aliphatic heterocycles. The van der Waals surface area contributed by atoms with Crippen molar-refractivity contribution in [1.29, 1.82) is 0 Å². The standard InChI is InChI=1S/C59H62BF13N2O2/c1-34(48-44(35-14-22-39(23-15-35)50(2,3)4)30-46(74-48)37-18-26-41(27-19-37)52(8,9)10)49-45(36-16-24-40(25-17-36)51(5,6)7)31-47(38-20-28-42(29-21-38)53(11,12)13)75(49)60-76-33-43(77-60)32-54(61,62)55(63,64)56(65,66)57(67,68)58(69,70)59(71,72)73/h14-31,43H,32-33H2,1-13H3/b48-34-. The highest BCUT2D eigenvalue weighted by atomic mass is 19.4. The molecule has 414 valence electrons.